The van der Waals surface area contributed by atoms with Gasteiger partial charge in [0.15, 0.2) is 15.0 Å². The Morgan fingerprint density at radius 2 is 1.97 bits per heavy atom. The van der Waals surface area contributed by atoms with E-state index in [9.17, 15) is 13.2 Å². The Labute approximate surface area is 192 Å². The zero-order chi connectivity index (χ0) is 22.1. The third-order valence-corrected chi connectivity index (χ3v) is 9.00. The van der Waals surface area contributed by atoms with Gasteiger partial charge in [-0.25, -0.2) is 8.42 Å². The lowest BCUT2D eigenvalue weighted by Crippen LogP contribution is -2.46. The molecule has 0 N–H and O–H groups in total. The zero-order valence-corrected chi connectivity index (χ0v) is 19.6. The van der Waals surface area contributed by atoms with Crippen molar-refractivity contribution in [2.24, 2.45) is 0 Å². The van der Waals surface area contributed by atoms with E-state index in [1.807, 2.05) is 30.3 Å². The van der Waals surface area contributed by atoms with E-state index in [0.29, 0.717) is 30.6 Å². The maximum Gasteiger partial charge on any atom is 0.233 e. The van der Waals surface area contributed by atoms with Crippen LogP contribution in [0.3, 0.4) is 0 Å². The minimum absolute atomic E-state index is 0.0123. The Kier molecular flexibility index (Phi) is 6.26. The molecule has 10 heteroatoms. The van der Waals surface area contributed by atoms with Crippen LogP contribution < -0.4 is 0 Å². The standard InChI is InChI=1S/C22H28N4O4S2/c27-20(25(13-19-7-4-11-30-19)18-10-12-32(28,29)15-18)14-31-22-24-23-21(16-8-9-16)26(22)17-5-2-1-3-6-17/h1-3,5-6,16,18-19H,4,7-15H2/t18-,19-/m0/s1. The number of nitrogens with zero attached hydrogens (tertiary/aromatic N) is 4. The van der Waals surface area contributed by atoms with Crippen molar-refractivity contribution >= 4 is 27.5 Å². The lowest BCUT2D eigenvalue weighted by Gasteiger charge is -2.30. The van der Waals surface area contributed by atoms with Gasteiger partial charge in [0.2, 0.25) is 5.91 Å². The first-order valence-electron chi connectivity index (χ1n) is 11.3. The van der Waals surface area contributed by atoms with Crippen molar-refractivity contribution in [1.82, 2.24) is 19.7 Å². The lowest BCUT2D eigenvalue weighted by molar-refractivity contribution is -0.131. The molecule has 2 atom stereocenters. The molecule has 32 heavy (non-hydrogen) atoms. The van der Waals surface area contributed by atoms with E-state index in [1.165, 1.54) is 11.8 Å². The third kappa shape index (κ3) is 4.87. The van der Waals surface area contributed by atoms with Crippen molar-refractivity contribution in [1.29, 1.82) is 0 Å². The Bertz CT molecular complexity index is 1060. The maximum absolute atomic E-state index is 13.3. The molecule has 8 nitrogen and oxygen atoms in total. The number of thioether (sulfide) groups is 1. The quantitative estimate of drug-likeness (QED) is 0.540. The molecular formula is C22H28N4O4S2. The molecule has 1 saturated carbocycles. The molecule has 172 valence electrons. The van der Waals surface area contributed by atoms with Crippen LogP contribution in [0.5, 0.6) is 0 Å². The number of benzene rings is 1. The van der Waals surface area contributed by atoms with Crippen LogP contribution in [0.25, 0.3) is 5.69 Å². The Balaban J connectivity index is 1.33. The molecule has 0 unspecified atom stereocenters. The van der Waals surface area contributed by atoms with E-state index in [4.69, 9.17) is 4.74 Å². The van der Waals surface area contributed by atoms with Crippen LogP contribution in [0.1, 0.15) is 43.8 Å². The average Bonchev–Trinajstić information content (AvgIpc) is 3.18. The number of carbonyl (C=O) groups is 1. The summed E-state index contributed by atoms with van der Waals surface area (Å²) in [5.41, 5.74) is 0.993. The van der Waals surface area contributed by atoms with Crippen molar-refractivity contribution in [3.05, 3.63) is 36.2 Å². The van der Waals surface area contributed by atoms with Gasteiger partial charge in [0.05, 0.1) is 23.4 Å². The second-order valence-corrected chi connectivity index (χ2v) is 12.0. The number of hydrogen-bond acceptors (Lipinski definition) is 7. The summed E-state index contributed by atoms with van der Waals surface area (Å²) in [6.45, 7) is 1.16. The summed E-state index contributed by atoms with van der Waals surface area (Å²) >= 11 is 1.37. The Morgan fingerprint density at radius 1 is 1.16 bits per heavy atom. The van der Waals surface area contributed by atoms with Crippen molar-refractivity contribution in [3.8, 4) is 5.69 Å². The van der Waals surface area contributed by atoms with Gasteiger partial charge >= 0.3 is 0 Å². The van der Waals surface area contributed by atoms with E-state index in [-0.39, 0.29) is 35.3 Å². The number of carbonyl (C=O) groups excluding carboxylic acids is 1. The molecule has 3 heterocycles. The van der Waals surface area contributed by atoms with Crippen molar-refractivity contribution in [3.63, 3.8) is 0 Å². The summed E-state index contributed by atoms with van der Waals surface area (Å²) in [7, 11) is -3.08. The van der Waals surface area contributed by atoms with Gasteiger partial charge in [-0.2, -0.15) is 0 Å². The SMILES string of the molecule is O=C(CSc1nnc(C2CC2)n1-c1ccccc1)N(C[C@@H]1CCCO1)[C@H]1CCS(=O)(=O)C1. The summed E-state index contributed by atoms with van der Waals surface area (Å²) < 4.78 is 31.9. The largest absolute Gasteiger partial charge is 0.376 e. The van der Waals surface area contributed by atoms with Gasteiger partial charge < -0.3 is 9.64 Å². The van der Waals surface area contributed by atoms with Gasteiger partial charge in [-0.1, -0.05) is 30.0 Å². The van der Waals surface area contributed by atoms with Crippen LogP contribution in [-0.2, 0) is 19.4 Å². The smallest absolute Gasteiger partial charge is 0.233 e. The third-order valence-electron chi connectivity index (χ3n) is 6.33. The zero-order valence-electron chi connectivity index (χ0n) is 17.9. The normalized spacial score (nSPS) is 24.6. The molecule has 2 aromatic rings. The predicted molar refractivity (Wildman–Crippen MR) is 122 cm³/mol. The van der Waals surface area contributed by atoms with Gasteiger partial charge in [0, 0.05) is 30.8 Å². The van der Waals surface area contributed by atoms with Crippen LogP contribution in [0.2, 0.25) is 0 Å². The van der Waals surface area contributed by atoms with Crippen LogP contribution in [0.4, 0.5) is 0 Å². The van der Waals surface area contributed by atoms with E-state index >= 15 is 0 Å². The highest BCUT2D eigenvalue weighted by atomic mass is 32.2. The van der Waals surface area contributed by atoms with E-state index in [1.54, 1.807) is 4.90 Å². The van der Waals surface area contributed by atoms with Crippen LogP contribution in [0.15, 0.2) is 35.5 Å². The highest BCUT2D eigenvalue weighted by Crippen LogP contribution is 2.41. The first-order chi connectivity index (χ1) is 15.5. The molecular weight excluding hydrogens is 448 g/mol. The molecule has 2 aliphatic heterocycles. The van der Waals surface area contributed by atoms with Gasteiger partial charge in [-0.3, -0.25) is 9.36 Å². The molecule has 1 amide bonds. The minimum Gasteiger partial charge on any atom is -0.376 e. The lowest BCUT2D eigenvalue weighted by atomic mass is 10.1. The van der Waals surface area contributed by atoms with Crippen molar-refractivity contribution in [2.45, 2.75) is 55.3 Å². The van der Waals surface area contributed by atoms with Gasteiger partial charge in [0.25, 0.3) is 0 Å². The average molecular weight is 477 g/mol. The maximum atomic E-state index is 13.3. The molecule has 3 fully saturated rings. The fraction of sp³-hybridized carbons (Fsp3) is 0.591. The minimum atomic E-state index is -3.08. The number of sulfone groups is 1. The monoisotopic (exact) mass is 476 g/mol. The summed E-state index contributed by atoms with van der Waals surface area (Å²) in [4.78, 5) is 15.0. The fourth-order valence-corrected chi connectivity index (χ4v) is 7.07. The molecule has 0 radical (unpaired) electrons. The topological polar surface area (TPSA) is 94.4 Å². The molecule has 1 aliphatic carbocycles. The number of amides is 1. The molecule has 1 aromatic carbocycles. The van der Waals surface area contributed by atoms with E-state index in [0.717, 1.165) is 37.2 Å². The number of aromatic nitrogens is 3. The Morgan fingerprint density at radius 3 is 2.62 bits per heavy atom. The summed E-state index contributed by atoms with van der Waals surface area (Å²) in [5, 5.41) is 9.52. The first kappa shape index (κ1) is 21.9. The number of rotatable bonds is 8. The number of hydrogen-bond donors (Lipinski definition) is 0. The molecule has 1 aromatic heterocycles. The predicted octanol–water partition coefficient (Wildman–Crippen LogP) is 2.43. The van der Waals surface area contributed by atoms with Crippen LogP contribution in [-0.4, -0.2) is 76.5 Å². The van der Waals surface area contributed by atoms with Crippen LogP contribution in [0, 0.1) is 0 Å². The highest BCUT2D eigenvalue weighted by molar-refractivity contribution is 7.99. The summed E-state index contributed by atoms with van der Waals surface area (Å²) in [6.07, 6.45) is 4.59. The van der Waals surface area contributed by atoms with E-state index in [2.05, 4.69) is 14.8 Å². The second-order valence-electron chi connectivity index (χ2n) is 8.81. The molecule has 3 aliphatic rings. The number of para-hydroxylation sites is 1. The highest BCUT2D eigenvalue weighted by Gasteiger charge is 2.37. The molecule has 0 spiro atoms. The van der Waals surface area contributed by atoms with Gasteiger partial charge in [-0.15, -0.1) is 10.2 Å². The Hall–Kier alpha value is -1.91. The fourth-order valence-electron chi connectivity index (χ4n) is 4.49. The molecule has 2 saturated heterocycles. The van der Waals surface area contributed by atoms with Crippen molar-refractivity contribution < 1.29 is 17.9 Å². The number of ether oxygens (including phenoxy) is 1. The summed E-state index contributed by atoms with van der Waals surface area (Å²) in [5.74, 6) is 1.69. The van der Waals surface area contributed by atoms with Crippen LogP contribution >= 0.6 is 11.8 Å². The van der Waals surface area contributed by atoms with E-state index < -0.39 is 9.84 Å². The summed E-state index contributed by atoms with van der Waals surface area (Å²) in [6, 6.07) is 9.71. The van der Waals surface area contributed by atoms with Gasteiger partial charge in [0.1, 0.15) is 5.82 Å². The first-order valence-corrected chi connectivity index (χ1v) is 14.1. The second kappa shape index (κ2) is 9.15. The van der Waals surface area contributed by atoms with Crippen molar-refractivity contribution in [2.75, 3.05) is 30.4 Å². The molecule has 5 rings (SSSR count). The molecule has 0 bridgehead atoms. The van der Waals surface area contributed by atoms with Gasteiger partial charge in [-0.05, 0) is 44.2 Å².